The molecular formula is C20H18N6O4. The Morgan fingerprint density at radius 2 is 2.00 bits per heavy atom. The van der Waals surface area contributed by atoms with Crippen molar-refractivity contribution in [1.82, 2.24) is 30.0 Å². The van der Waals surface area contributed by atoms with Gasteiger partial charge in [-0.25, -0.2) is 4.68 Å². The van der Waals surface area contributed by atoms with Crippen LogP contribution in [0.5, 0.6) is 5.88 Å². The maximum Gasteiger partial charge on any atom is 0.276 e. The van der Waals surface area contributed by atoms with Crippen LogP contribution in [-0.4, -0.2) is 55.1 Å². The standard InChI is InChI=1S/C20H18N6O4/c27-20(15-13-17(30-24-15)16-3-1-12-28-16)25-10-6-14(7-11-25)29-19-5-4-18(22-23-19)26-9-2-8-21-26/h1-5,8-9,12-14H,6-7,10-11H2. The van der Waals surface area contributed by atoms with Crippen LogP contribution < -0.4 is 4.74 Å². The molecule has 5 heterocycles. The normalized spacial score (nSPS) is 14.7. The van der Waals surface area contributed by atoms with Crippen molar-refractivity contribution in [2.75, 3.05) is 13.1 Å². The zero-order valence-electron chi connectivity index (χ0n) is 15.9. The minimum atomic E-state index is -0.168. The largest absolute Gasteiger partial charge is 0.473 e. The number of likely N-dealkylation sites (tertiary alicyclic amines) is 1. The Bertz CT molecular complexity index is 1100. The molecule has 0 spiro atoms. The minimum absolute atomic E-state index is 0.0325. The Kier molecular flexibility index (Phi) is 4.72. The van der Waals surface area contributed by atoms with Gasteiger partial charge in [0, 0.05) is 50.5 Å². The number of hydrogen-bond acceptors (Lipinski definition) is 8. The van der Waals surface area contributed by atoms with Gasteiger partial charge in [0.15, 0.2) is 17.3 Å². The van der Waals surface area contributed by atoms with Gasteiger partial charge < -0.3 is 18.6 Å². The van der Waals surface area contributed by atoms with Gasteiger partial charge in [-0.1, -0.05) is 5.16 Å². The van der Waals surface area contributed by atoms with E-state index in [1.807, 2.05) is 6.07 Å². The molecule has 0 aromatic carbocycles. The number of aromatic nitrogens is 5. The molecule has 1 aliphatic heterocycles. The molecule has 10 heteroatoms. The third-order valence-electron chi connectivity index (χ3n) is 4.88. The number of carbonyl (C=O) groups excluding carboxylic acids is 1. The lowest BCUT2D eigenvalue weighted by Crippen LogP contribution is -2.42. The summed E-state index contributed by atoms with van der Waals surface area (Å²) in [6.07, 6.45) is 6.37. The SMILES string of the molecule is O=C(c1cc(-c2ccco2)on1)N1CCC(Oc2ccc(-n3cccn3)nn2)CC1. The first-order chi connectivity index (χ1) is 14.8. The van der Waals surface area contributed by atoms with Crippen LogP contribution in [0.4, 0.5) is 0 Å². The lowest BCUT2D eigenvalue weighted by Gasteiger charge is -2.31. The van der Waals surface area contributed by atoms with E-state index in [4.69, 9.17) is 13.7 Å². The van der Waals surface area contributed by atoms with Gasteiger partial charge in [-0.3, -0.25) is 4.79 Å². The van der Waals surface area contributed by atoms with Gasteiger partial charge in [-0.2, -0.15) is 5.10 Å². The molecule has 1 saturated heterocycles. The molecule has 0 unspecified atom stereocenters. The molecule has 0 bridgehead atoms. The van der Waals surface area contributed by atoms with Gasteiger partial charge in [0.1, 0.15) is 6.10 Å². The van der Waals surface area contributed by atoms with E-state index in [-0.39, 0.29) is 17.7 Å². The van der Waals surface area contributed by atoms with Crippen molar-refractivity contribution in [3.63, 3.8) is 0 Å². The fourth-order valence-electron chi connectivity index (χ4n) is 3.32. The molecule has 1 aliphatic rings. The summed E-state index contributed by atoms with van der Waals surface area (Å²) in [6, 6.07) is 10.5. The molecule has 0 radical (unpaired) electrons. The van der Waals surface area contributed by atoms with Crippen molar-refractivity contribution in [2.24, 2.45) is 0 Å². The van der Waals surface area contributed by atoms with Gasteiger partial charge in [0.05, 0.1) is 6.26 Å². The number of hydrogen-bond donors (Lipinski definition) is 0. The van der Waals surface area contributed by atoms with E-state index in [0.717, 1.165) is 0 Å². The van der Waals surface area contributed by atoms with Crippen molar-refractivity contribution in [3.05, 3.63) is 60.7 Å². The highest BCUT2D eigenvalue weighted by Gasteiger charge is 2.27. The molecule has 30 heavy (non-hydrogen) atoms. The second-order valence-electron chi connectivity index (χ2n) is 6.84. The van der Waals surface area contributed by atoms with E-state index in [2.05, 4.69) is 20.5 Å². The molecule has 10 nitrogen and oxygen atoms in total. The Labute approximate surface area is 171 Å². The molecule has 1 amide bonds. The summed E-state index contributed by atoms with van der Waals surface area (Å²) in [6.45, 7) is 1.12. The predicted molar refractivity (Wildman–Crippen MR) is 103 cm³/mol. The predicted octanol–water partition coefficient (Wildman–Crippen LogP) is 2.59. The average Bonchev–Trinajstić information content (AvgIpc) is 3.57. The van der Waals surface area contributed by atoms with E-state index in [0.29, 0.717) is 49.1 Å². The van der Waals surface area contributed by atoms with E-state index in [1.165, 1.54) is 0 Å². The van der Waals surface area contributed by atoms with E-state index >= 15 is 0 Å². The summed E-state index contributed by atoms with van der Waals surface area (Å²) in [5.41, 5.74) is 0.265. The third-order valence-corrected chi connectivity index (χ3v) is 4.88. The first-order valence-corrected chi connectivity index (χ1v) is 9.56. The quantitative estimate of drug-likeness (QED) is 0.497. The number of amides is 1. The number of carbonyl (C=O) groups is 1. The Morgan fingerprint density at radius 3 is 2.70 bits per heavy atom. The summed E-state index contributed by atoms with van der Waals surface area (Å²) >= 11 is 0. The molecule has 0 saturated carbocycles. The van der Waals surface area contributed by atoms with Gasteiger partial charge in [-0.05, 0) is 24.3 Å². The molecule has 4 aromatic heterocycles. The highest BCUT2D eigenvalue weighted by molar-refractivity contribution is 5.93. The Morgan fingerprint density at radius 1 is 1.10 bits per heavy atom. The summed E-state index contributed by atoms with van der Waals surface area (Å²) in [7, 11) is 0. The third kappa shape index (κ3) is 3.66. The maximum absolute atomic E-state index is 12.7. The van der Waals surface area contributed by atoms with Crippen LogP contribution in [0.3, 0.4) is 0 Å². The minimum Gasteiger partial charge on any atom is -0.473 e. The molecular weight excluding hydrogens is 388 g/mol. The van der Waals surface area contributed by atoms with Gasteiger partial charge in [-0.15, -0.1) is 10.2 Å². The van der Waals surface area contributed by atoms with Crippen LogP contribution in [0.2, 0.25) is 0 Å². The van der Waals surface area contributed by atoms with Crippen LogP contribution in [0.25, 0.3) is 17.3 Å². The molecule has 0 N–H and O–H groups in total. The number of nitrogens with zero attached hydrogens (tertiary/aromatic N) is 6. The molecule has 1 fully saturated rings. The average molecular weight is 406 g/mol. The smallest absolute Gasteiger partial charge is 0.276 e. The van der Waals surface area contributed by atoms with Gasteiger partial charge >= 0.3 is 0 Å². The Hall–Kier alpha value is -3.95. The highest BCUT2D eigenvalue weighted by Crippen LogP contribution is 2.23. The van der Waals surface area contributed by atoms with Crippen LogP contribution in [0.15, 0.2) is 64.0 Å². The summed E-state index contributed by atoms with van der Waals surface area (Å²) in [4.78, 5) is 14.4. The van der Waals surface area contributed by atoms with Crippen molar-refractivity contribution in [1.29, 1.82) is 0 Å². The molecule has 5 rings (SSSR count). The fraction of sp³-hybridized carbons (Fsp3) is 0.250. The molecule has 0 atom stereocenters. The van der Waals surface area contributed by atoms with E-state index < -0.39 is 0 Å². The summed E-state index contributed by atoms with van der Waals surface area (Å²) < 4.78 is 18.0. The zero-order valence-corrected chi connectivity index (χ0v) is 15.9. The van der Waals surface area contributed by atoms with Crippen LogP contribution in [0, 0.1) is 0 Å². The molecule has 4 aromatic rings. The van der Waals surface area contributed by atoms with Crippen molar-refractivity contribution in [3.8, 4) is 23.2 Å². The zero-order chi connectivity index (χ0) is 20.3. The van der Waals surface area contributed by atoms with Crippen LogP contribution >= 0.6 is 0 Å². The second kappa shape index (κ2) is 7.82. The van der Waals surface area contributed by atoms with Gasteiger partial charge in [0.25, 0.3) is 5.91 Å². The number of ether oxygens (including phenoxy) is 1. The van der Waals surface area contributed by atoms with Crippen molar-refractivity contribution < 1.29 is 18.5 Å². The first-order valence-electron chi connectivity index (χ1n) is 9.56. The highest BCUT2D eigenvalue weighted by atomic mass is 16.5. The molecule has 152 valence electrons. The van der Waals surface area contributed by atoms with Gasteiger partial charge in [0.2, 0.25) is 11.6 Å². The Balaban J connectivity index is 1.16. The number of piperidine rings is 1. The topological polar surface area (TPSA) is 112 Å². The maximum atomic E-state index is 12.7. The van der Waals surface area contributed by atoms with Crippen molar-refractivity contribution in [2.45, 2.75) is 18.9 Å². The van der Waals surface area contributed by atoms with E-state index in [9.17, 15) is 4.79 Å². The monoisotopic (exact) mass is 406 g/mol. The van der Waals surface area contributed by atoms with E-state index in [1.54, 1.807) is 58.6 Å². The number of furan rings is 1. The fourth-order valence-corrected chi connectivity index (χ4v) is 3.32. The molecule has 0 aliphatic carbocycles. The summed E-state index contributed by atoms with van der Waals surface area (Å²) in [5, 5.41) is 16.2. The lowest BCUT2D eigenvalue weighted by molar-refractivity contribution is 0.0577. The lowest BCUT2D eigenvalue weighted by atomic mass is 10.1. The van der Waals surface area contributed by atoms with Crippen LogP contribution in [-0.2, 0) is 0 Å². The number of rotatable bonds is 5. The van der Waals surface area contributed by atoms with Crippen molar-refractivity contribution >= 4 is 5.91 Å². The second-order valence-corrected chi connectivity index (χ2v) is 6.84. The van der Waals surface area contributed by atoms with Crippen LogP contribution in [0.1, 0.15) is 23.3 Å². The summed E-state index contributed by atoms with van der Waals surface area (Å²) in [5.74, 6) is 1.87. The first kappa shape index (κ1) is 18.1.